The zero-order valence-electron chi connectivity index (χ0n) is 25.3. The number of aryl methyl sites for hydroxylation is 1. The molecule has 0 spiro atoms. The van der Waals surface area contributed by atoms with Crippen LogP contribution in [0, 0.1) is 0 Å². The number of benzene rings is 3. The quantitative estimate of drug-likeness (QED) is 0.135. The number of carbonyl (C=O) groups is 1. The van der Waals surface area contributed by atoms with E-state index in [9.17, 15) is 20.1 Å². The molecule has 2 heterocycles. The second kappa shape index (κ2) is 13.9. The van der Waals surface area contributed by atoms with Crippen LogP contribution in [0.2, 0.25) is 0 Å². The minimum absolute atomic E-state index is 0.0292. The van der Waals surface area contributed by atoms with E-state index in [0.717, 1.165) is 28.8 Å². The minimum atomic E-state index is -0.641. The molecule has 1 unspecified atom stereocenters. The van der Waals surface area contributed by atoms with Gasteiger partial charge in [0.15, 0.2) is 17.3 Å². The van der Waals surface area contributed by atoms with Crippen LogP contribution >= 0.6 is 0 Å². The summed E-state index contributed by atoms with van der Waals surface area (Å²) in [7, 11) is 3.04. The monoisotopic (exact) mass is 601 g/mol. The Kier molecular flexibility index (Phi) is 9.77. The van der Waals surface area contributed by atoms with Crippen LogP contribution in [0.1, 0.15) is 64.5 Å². The number of aromatic hydroxyl groups is 2. The fourth-order valence-electron chi connectivity index (χ4n) is 5.69. The van der Waals surface area contributed by atoms with E-state index in [-0.39, 0.29) is 72.1 Å². The second-order valence-electron chi connectivity index (χ2n) is 10.9. The van der Waals surface area contributed by atoms with Gasteiger partial charge in [0, 0.05) is 43.5 Å². The fourth-order valence-corrected chi connectivity index (χ4v) is 5.69. The van der Waals surface area contributed by atoms with E-state index in [1.54, 1.807) is 31.4 Å². The van der Waals surface area contributed by atoms with Gasteiger partial charge in [0.2, 0.25) is 5.75 Å². The minimum Gasteiger partial charge on any atom is -0.508 e. The van der Waals surface area contributed by atoms with Crippen LogP contribution in [-0.4, -0.2) is 60.1 Å². The molecular formula is C35H39NO8. The molecule has 1 aliphatic heterocycles. The summed E-state index contributed by atoms with van der Waals surface area (Å²) in [4.78, 5) is 17.1. The molecule has 0 amide bonds. The number of ketones is 1. The molecule has 3 aromatic carbocycles. The highest BCUT2D eigenvalue weighted by molar-refractivity contribution is 6.04. The van der Waals surface area contributed by atoms with Gasteiger partial charge in [0.25, 0.3) is 0 Å². The van der Waals surface area contributed by atoms with Gasteiger partial charge in [-0.3, -0.25) is 4.79 Å². The van der Waals surface area contributed by atoms with Crippen molar-refractivity contribution in [3.8, 4) is 39.9 Å². The molecule has 44 heavy (non-hydrogen) atoms. The molecule has 0 radical (unpaired) electrons. The lowest BCUT2D eigenvalue weighted by molar-refractivity contribution is 0.0836. The van der Waals surface area contributed by atoms with Gasteiger partial charge in [-0.25, -0.2) is 0 Å². The number of aromatic amines is 1. The average molecular weight is 602 g/mol. The van der Waals surface area contributed by atoms with Crippen molar-refractivity contribution in [2.24, 2.45) is 0 Å². The first-order valence-corrected chi connectivity index (χ1v) is 14.8. The number of carbonyl (C=O) groups excluding carboxylic acids is 1. The number of ether oxygens (including phenoxy) is 4. The number of Topliss-reactive ketones (excluding diaryl/α,β-unsaturated/α-hetero) is 1. The van der Waals surface area contributed by atoms with Crippen molar-refractivity contribution in [3.63, 3.8) is 0 Å². The third kappa shape index (κ3) is 6.39. The molecule has 0 fully saturated rings. The number of methoxy groups -OCH3 is 2. The summed E-state index contributed by atoms with van der Waals surface area (Å²) in [6.45, 7) is 2.47. The molecule has 0 saturated carbocycles. The van der Waals surface area contributed by atoms with E-state index in [2.05, 4.69) is 30.1 Å². The van der Waals surface area contributed by atoms with Crippen molar-refractivity contribution < 1.29 is 39.1 Å². The highest BCUT2D eigenvalue weighted by atomic mass is 16.5. The first-order chi connectivity index (χ1) is 21.4. The fraction of sp³-hybridized carbons (Fsp3) is 0.343. The van der Waals surface area contributed by atoms with Crippen molar-refractivity contribution in [3.05, 3.63) is 88.7 Å². The van der Waals surface area contributed by atoms with Crippen LogP contribution in [0.15, 0.2) is 60.8 Å². The van der Waals surface area contributed by atoms with Gasteiger partial charge in [-0.15, -0.1) is 0 Å². The standard InChI is InChI=1S/C35H39NO8/c1-4-26-16-24(19-36-26)22-7-5-8-23(15-22)25(20-41-2)17-28-32(40)35(42-3)34(43-14-6-13-37)31-29(39)18-30(44-33(28)31)21-9-11-27(38)12-10-21/h5,7-12,15-16,19,25,30,36-38,40H,4,6,13-14,17-18,20H2,1-3H3/t25-,30?/m0/s1. The summed E-state index contributed by atoms with van der Waals surface area (Å²) >= 11 is 0. The molecule has 5 rings (SSSR count). The van der Waals surface area contributed by atoms with Crippen LogP contribution in [0.4, 0.5) is 0 Å². The number of phenols is 2. The molecule has 0 bridgehead atoms. The Morgan fingerprint density at radius 1 is 1.05 bits per heavy atom. The van der Waals surface area contributed by atoms with Crippen molar-refractivity contribution in [2.75, 3.05) is 34.0 Å². The predicted octanol–water partition coefficient (Wildman–Crippen LogP) is 6.10. The third-order valence-corrected chi connectivity index (χ3v) is 8.00. The van der Waals surface area contributed by atoms with E-state index in [4.69, 9.17) is 18.9 Å². The van der Waals surface area contributed by atoms with Crippen LogP contribution in [-0.2, 0) is 17.6 Å². The zero-order chi connectivity index (χ0) is 31.2. The Morgan fingerprint density at radius 3 is 2.52 bits per heavy atom. The number of H-pyrrole nitrogens is 1. The summed E-state index contributed by atoms with van der Waals surface area (Å²) in [5, 5.41) is 30.8. The van der Waals surface area contributed by atoms with E-state index >= 15 is 0 Å². The number of aliphatic hydroxyl groups is 1. The summed E-state index contributed by atoms with van der Waals surface area (Å²) < 4.78 is 23.7. The lowest BCUT2D eigenvalue weighted by Gasteiger charge is -2.31. The van der Waals surface area contributed by atoms with Gasteiger partial charge >= 0.3 is 0 Å². The summed E-state index contributed by atoms with van der Waals surface area (Å²) in [6.07, 6.45) is 2.90. The molecular weight excluding hydrogens is 562 g/mol. The molecule has 232 valence electrons. The highest BCUT2D eigenvalue weighted by Crippen LogP contribution is 2.53. The SMILES string of the molecule is CCc1cc(-c2cccc([C@H](COC)Cc3c(O)c(OC)c(OCCCO)c4c3OC(c3ccc(O)cc3)CC4=O)c2)c[nH]1. The molecule has 2 atom stereocenters. The summed E-state index contributed by atoms with van der Waals surface area (Å²) in [6, 6.07) is 16.9. The van der Waals surface area contributed by atoms with Gasteiger partial charge in [0.05, 0.1) is 26.7 Å². The lowest BCUT2D eigenvalue weighted by atomic mass is 9.86. The van der Waals surface area contributed by atoms with Crippen LogP contribution in [0.5, 0.6) is 28.7 Å². The first-order valence-electron chi connectivity index (χ1n) is 14.8. The molecule has 0 aliphatic carbocycles. The largest absolute Gasteiger partial charge is 0.508 e. The Bertz CT molecular complexity index is 1590. The normalized spacial score (nSPS) is 15.0. The first kappa shape index (κ1) is 31.0. The second-order valence-corrected chi connectivity index (χ2v) is 10.9. The zero-order valence-corrected chi connectivity index (χ0v) is 25.3. The number of hydrogen-bond acceptors (Lipinski definition) is 8. The molecule has 9 heteroatoms. The third-order valence-electron chi connectivity index (χ3n) is 8.00. The Morgan fingerprint density at radius 2 is 1.84 bits per heavy atom. The van der Waals surface area contributed by atoms with Crippen molar-refractivity contribution in [1.82, 2.24) is 4.98 Å². The van der Waals surface area contributed by atoms with E-state index in [1.807, 2.05) is 18.3 Å². The number of nitrogens with one attached hydrogen (secondary N) is 1. The summed E-state index contributed by atoms with van der Waals surface area (Å²) in [5.41, 5.74) is 5.60. The van der Waals surface area contributed by atoms with Gasteiger partial charge in [0.1, 0.15) is 23.2 Å². The molecule has 4 aromatic rings. The average Bonchev–Trinajstić information content (AvgIpc) is 3.52. The number of phenolic OH excluding ortho intramolecular Hbond substituents is 2. The van der Waals surface area contributed by atoms with Crippen LogP contribution in [0.25, 0.3) is 11.1 Å². The molecule has 4 N–H and O–H groups in total. The van der Waals surface area contributed by atoms with Gasteiger partial charge in [-0.1, -0.05) is 43.3 Å². The maximum absolute atomic E-state index is 13.8. The summed E-state index contributed by atoms with van der Waals surface area (Å²) in [5.74, 6) is -0.150. The lowest BCUT2D eigenvalue weighted by Crippen LogP contribution is -2.24. The molecule has 0 saturated heterocycles. The maximum Gasteiger partial charge on any atom is 0.204 e. The van der Waals surface area contributed by atoms with Crippen molar-refractivity contribution >= 4 is 5.78 Å². The van der Waals surface area contributed by atoms with E-state index in [0.29, 0.717) is 24.2 Å². The van der Waals surface area contributed by atoms with Gasteiger partial charge < -0.3 is 39.3 Å². The Labute approximate surface area is 257 Å². The van der Waals surface area contributed by atoms with E-state index in [1.165, 1.54) is 7.11 Å². The van der Waals surface area contributed by atoms with Gasteiger partial charge in [-0.05, 0) is 53.3 Å². The Balaban J connectivity index is 1.60. The maximum atomic E-state index is 13.8. The molecule has 1 aliphatic rings. The molecule has 1 aromatic heterocycles. The number of fused-ring (bicyclic) bond motifs is 1. The number of rotatable bonds is 13. The van der Waals surface area contributed by atoms with Crippen LogP contribution < -0.4 is 14.2 Å². The Hall–Kier alpha value is -4.47. The van der Waals surface area contributed by atoms with Crippen molar-refractivity contribution in [2.45, 2.75) is 44.6 Å². The number of hydrogen-bond donors (Lipinski definition) is 4. The highest BCUT2D eigenvalue weighted by Gasteiger charge is 2.38. The number of aromatic nitrogens is 1. The van der Waals surface area contributed by atoms with Crippen molar-refractivity contribution in [1.29, 1.82) is 0 Å². The van der Waals surface area contributed by atoms with E-state index < -0.39 is 6.10 Å². The van der Waals surface area contributed by atoms with Crippen LogP contribution in [0.3, 0.4) is 0 Å². The smallest absolute Gasteiger partial charge is 0.204 e. The topological polar surface area (TPSA) is 130 Å². The number of aliphatic hydroxyl groups excluding tert-OH is 1. The predicted molar refractivity (Wildman–Crippen MR) is 166 cm³/mol. The van der Waals surface area contributed by atoms with Gasteiger partial charge in [-0.2, -0.15) is 0 Å². The molecule has 9 nitrogen and oxygen atoms in total.